The summed E-state index contributed by atoms with van der Waals surface area (Å²) in [7, 11) is 4.31. The van der Waals surface area contributed by atoms with E-state index in [2.05, 4.69) is 52.0 Å². The van der Waals surface area contributed by atoms with Crippen LogP contribution in [0, 0.1) is 0 Å². The Morgan fingerprint density at radius 3 is 2.08 bits per heavy atom. The van der Waals surface area contributed by atoms with Gasteiger partial charge in [0.05, 0.1) is 0 Å². The lowest BCUT2D eigenvalue weighted by Gasteiger charge is -2.29. The van der Waals surface area contributed by atoms with E-state index in [0.29, 0.717) is 6.04 Å². The van der Waals surface area contributed by atoms with E-state index < -0.39 is 0 Å². The van der Waals surface area contributed by atoms with Crippen LogP contribution in [0.5, 0.6) is 0 Å². The van der Waals surface area contributed by atoms with Crippen LogP contribution in [0.1, 0.15) is 40.5 Å². The van der Waals surface area contributed by atoms with Gasteiger partial charge in [0.25, 0.3) is 0 Å². The normalized spacial score (nSPS) is 15.0. The van der Waals surface area contributed by atoms with Crippen LogP contribution in [-0.2, 0) is 0 Å². The molecule has 13 heavy (non-hydrogen) atoms. The molecule has 0 radical (unpaired) electrons. The Morgan fingerprint density at radius 2 is 1.77 bits per heavy atom. The highest BCUT2D eigenvalue weighted by Gasteiger charge is 2.14. The number of nitrogens with zero attached hydrogens (tertiary/aromatic N) is 1. The van der Waals surface area contributed by atoms with Crippen molar-refractivity contribution < 1.29 is 0 Å². The molecule has 0 saturated carbocycles. The van der Waals surface area contributed by atoms with Gasteiger partial charge in [0.1, 0.15) is 0 Å². The largest absolute Gasteiger partial charge is 0.311 e. The molecule has 0 amide bonds. The quantitative estimate of drug-likeness (QED) is 0.707. The second-order valence-corrected chi connectivity index (χ2v) is 5.04. The highest BCUT2D eigenvalue weighted by molar-refractivity contribution is 4.76. The van der Waals surface area contributed by atoms with Crippen LogP contribution in [0.2, 0.25) is 0 Å². The number of hydrogen-bond acceptors (Lipinski definition) is 2. The van der Waals surface area contributed by atoms with Gasteiger partial charge in [0, 0.05) is 18.1 Å². The van der Waals surface area contributed by atoms with Crippen LogP contribution in [-0.4, -0.2) is 37.1 Å². The first-order chi connectivity index (χ1) is 5.87. The van der Waals surface area contributed by atoms with Gasteiger partial charge in [0.15, 0.2) is 0 Å². The Kier molecular flexibility index (Phi) is 5.57. The molecular weight excluding hydrogens is 160 g/mol. The summed E-state index contributed by atoms with van der Waals surface area (Å²) < 4.78 is 0. The Balaban J connectivity index is 3.82. The predicted molar refractivity (Wildman–Crippen MR) is 60.1 cm³/mol. The first-order valence-electron chi connectivity index (χ1n) is 5.28. The van der Waals surface area contributed by atoms with E-state index in [0.717, 1.165) is 6.54 Å². The summed E-state index contributed by atoms with van der Waals surface area (Å²) in [6, 6.07) is 0.671. The van der Waals surface area contributed by atoms with Crippen molar-refractivity contribution in [3.8, 4) is 0 Å². The smallest absolute Gasteiger partial charge is 0.0214 e. The van der Waals surface area contributed by atoms with E-state index in [1.807, 2.05) is 0 Å². The molecule has 0 heterocycles. The van der Waals surface area contributed by atoms with Crippen LogP contribution in [0.25, 0.3) is 0 Å². The topological polar surface area (TPSA) is 15.3 Å². The third-order valence-electron chi connectivity index (χ3n) is 2.22. The first kappa shape index (κ1) is 12.9. The molecule has 2 heteroatoms. The third kappa shape index (κ3) is 7.03. The summed E-state index contributed by atoms with van der Waals surface area (Å²) in [5, 5.41) is 3.55. The van der Waals surface area contributed by atoms with Crippen LogP contribution in [0.15, 0.2) is 0 Å². The molecule has 0 spiro atoms. The van der Waals surface area contributed by atoms with E-state index in [4.69, 9.17) is 0 Å². The Hall–Kier alpha value is -0.0800. The van der Waals surface area contributed by atoms with Crippen LogP contribution in [0.3, 0.4) is 0 Å². The molecule has 1 unspecified atom stereocenters. The van der Waals surface area contributed by atoms with Gasteiger partial charge in [-0.05, 0) is 41.3 Å². The van der Waals surface area contributed by atoms with E-state index in [-0.39, 0.29) is 5.54 Å². The average Bonchev–Trinajstić information content (AvgIpc) is 1.95. The fourth-order valence-corrected chi connectivity index (χ4v) is 1.30. The fourth-order valence-electron chi connectivity index (χ4n) is 1.30. The van der Waals surface area contributed by atoms with Gasteiger partial charge in [-0.2, -0.15) is 0 Å². The Bertz CT molecular complexity index is 125. The molecule has 1 N–H and O–H groups in total. The van der Waals surface area contributed by atoms with Crippen molar-refractivity contribution in [2.24, 2.45) is 0 Å². The number of nitrogens with one attached hydrogen (secondary N) is 1. The molecule has 0 aliphatic heterocycles. The molecule has 0 fully saturated rings. The molecule has 0 saturated heterocycles. The average molecular weight is 186 g/mol. The van der Waals surface area contributed by atoms with E-state index in [9.17, 15) is 0 Å². The molecule has 80 valence electrons. The summed E-state index contributed by atoms with van der Waals surface area (Å²) in [6.45, 7) is 9.97. The van der Waals surface area contributed by atoms with Crippen LogP contribution in [0.4, 0.5) is 0 Å². The van der Waals surface area contributed by atoms with Gasteiger partial charge in [-0.3, -0.25) is 0 Å². The standard InChI is InChI=1S/C11H26N2/c1-7-8-10(13(5)6)9-12-11(2,3)4/h10,12H,7-9H2,1-6H3. The summed E-state index contributed by atoms with van der Waals surface area (Å²) in [5.74, 6) is 0. The maximum atomic E-state index is 3.55. The number of likely N-dealkylation sites (N-methyl/N-ethyl adjacent to an activating group) is 1. The number of rotatable bonds is 5. The molecule has 0 aromatic heterocycles. The maximum Gasteiger partial charge on any atom is 0.0214 e. The monoisotopic (exact) mass is 186 g/mol. The molecule has 2 nitrogen and oxygen atoms in total. The van der Waals surface area contributed by atoms with Gasteiger partial charge in [0.2, 0.25) is 0 Å². The van der Waals surface area contributed by atoms with Gasteiger partial charge in [-0.15, -0.1) is 0 Å². The summed E-state index contributed by atoms with van der Waals surface area (Å²) in [5.41, 5.74) is 0.238. The van der Waals surface area contributed by atoms with Gasteiger partial charge in [-0.25, -0.2) is 0 Å². The minimum atomic E-state index is 0.238. The molecule has 1 atom stereocenters. The van der Waals surface area contributed by atoms with Crippen molar-refractivity contribution in [3.63, 3.8) is 0 Å². The third-order valence-corrected chi connectivity index (χ3v) is 2.22. The lowest BCUT2D eigenvalue weighted by atomic mass is 10.1. The zero-order chi connectivity index (χ0) is 10.5. The van der Waals surface area contributed by atoms with Crippen molar-refractivity contribution >= 4 is 0 Å². The molecule has 0 aromatic carbocycles. The van der Waals surface area contributed by atoms with Crippen molar-refractivity contribution in [3.05, 3.63) is 0 Å². The molecule has 0 aliphatic carbocycles. The summed E-state index contributed by atoms with van der Waals surface area (Å²) in [6.07, 6.45) is 2.53. The van der Waals surface area contributed by atoms with E-state index >= 15 is 0 Å². The van der Waals surface area contributed by atoms with E-state index in [1.54, 1.807) is 0 Å². The summed E-state index contributed by atoms with van der Waals surface area (Å²) in [4.78, 5) is 2.31. The first-order valence-corrected chi connectivity index (χ1v) is 5.28. The fraction of sp³-hybridized carbons (Fsp3) is 1.00. The molecular formula is C11H26N2. The predicted octanol–water partition coefficient (Wildman–Crippen LogP) is 2.10. The van der Waals surface area contributed by atoms with Gasteiger partial charge in [-0.1, -0.05) is 13.3 Å². The minimum Gasteiger partial charge on any atom is -0.311 e. The zero-order valence-corrected chi connectivity index (χ0v) is 10.1. The van der Waals surface area contributed by atoms with E-state index in [1.165, 1.54) is 12.8 Å². The van der Waals surface area contributed by atoms with Crippen molar-refractivity contribution in [2.75, 3.05) is 20.6 Å². The lowest BCUT2D eigenvalue weighted by Crippen LogP contribution is -2.45. The summed E-state index contributed by atoms with van der Waals surface area (Å²) >= 11 is 0. The highest BCUT2D eigenvalue weighted by atomic mass is 15.1. The maximum absolute atomic E-state index is 3.55. The van der Waals surface area contributed by atoms with Crippen molar-refractivity contribution in [2.45, 2.75) is 52.1 Å². The number of hydrogen-bond donors (Lipinski definition) is 1. The molecule has 0 aromatic rings. The van der Waals surface area contributed by atoms with Gasteiger partial charge < -0.3 is 10.2 Å². The van der Waals surface area contributed by atoms with Crippen molar-refractivity contribution in [1.29, 1.82) is 0 Å². The molecule has 0 bridgehead atoms. The minimum absolute atomic E-state index is 0.238. The zero-order valence-electron chi connectivity index (χ0n) is 10.1. The van der Waals surface area contributed by atoms with Gasteiger partial charge >= 0.3 is 0 Å². The second-order valence-electron chi connectivity index (χ2n) is 5.04. The second kappa shape index (κ2) is 5.61. The highest BCUT2D eigenvalue weighted by Crippen LogP contribution is 2.05. The molecule has 0 rings (SSSR count). The lowest BCUT2D eigenvalue weighted by molar-refractivity contribution is 0.248. The Morgan fingerprint density at radius 1 is 1.23 bits per heavy atom. The Labute approximate surface area is 83.7 Å². The van der Waals surface area contributed by atoms with Crippen LogP contribution < -0.4 is 5.32 Å². The molecule has 0 aliphatic rings. The van der Waals surface area contributed by atoms with Crippen molar-refractivity contribution in [1.82, 2.24) is 10.2 Å². The van der Waals surface area contributed by atoms with Crippen LogP contribution >= 0.6 is 0 Å². The SMILES string of the molecule is CCCC(CNC(C)(C)C)N(C)C.